The SMILES string of the molecule is CC(=O)O.CCCN1C(=O)/C(=C/c2c(NCc3ccc(C)cc3)nc3c(C)cccn3c2=O)SC1=S. The molecule has 3 heterocycles. The highest BCUT2D eigenvalue weighted by atomic mass is 32.2. The van der Waals surface area contributed by atoms with E-state index in [0.29, 0.717) is 39.3 Å². The minimum atomic E-state index is -0.833. The van der Waals surface area contributed by atoms with Gasteiger partial charge in [0, 0.05) is 26.2 Å². The number of benzene rings is 1. The molecule has 1 aromatic carbocycles. The van der Waals surface area contributed by atoms with Crippen molar-refractivity contribution in [1.82, 2.24) is 14.3 Å². The third-order valence-electron chi connectivity index (χ3n) is 5.26. The fraction of sp³-hybridized carbons (Fsp3) is 0.269. The first-order chi connectivity index (χ1) is 17.1. The van der Waals surface area contributed by atoms with Crippen molar-refractivity contribution >= 4 is 57.7 Å². The second-order valence-electron chi connectivity index (χ2n) is 8.26. The molecule has 1 saturated heterocycles. The highest BCUT2D eigenvalue weighted by Crippen LogP contribution is 2.33. The first kappa shape index (κ1) is 27.1. The summed E-state index contributed by atoms with van der Waals surface area (Å²) in [5.74, 6) is -0.550. The summed E-state index contributed by atoms with van der Waals surface area (Å²) < 4.78 is 2.03. The zero-order valence-corrected chi connectivity index (χ0v) is 22.2. The van der Waals surface area contributed by atoms with Gasteiger partial charge in [-0.05, 0) is 43.5 Å². The molecule has 4 rings (SSSR count). The van der Waals surface area contributed by atoms with Crippen LogP contribution >= 0.6 is 24.0 Å². The van der Waals surface area contributed by atoms with E-state index < -0.39 is 5.97 Å². The van der Waals surface area contributed by atoms with Crippen molar-refractivity contribution in [1.29, 1.82) is 0 Å². The first-order valence-electron chi connectivity index (χ1n) is 11.4. The van der Waals surface area contributed by atoms with Crippen LogP contribution in [-0.2, 0) is 16.1 Å². The zero-order valence-electron chi connectivity index (χ0n) is 20.6. The number of carboxylic acids is 1. The number of thioether (sulfide) groups is 1. The van der Waals surface area contributed by atoms with Gasteiger partial charge in [-0.25, -0.2) is 4.98 Å². The van der Waals surface area contributed by atoms with Crippen LogP contribution in [0.2, 0.25) is 0 Å². The summed E-state index contributed by atoms with van der Waals surface area (Å²) in [6.45, 7) is 8.11. The van der Waals surface area contributed by atoms with E-state index in [1.807, 2.05) is 57.2 Å². The van der Waals surface area contributed by atoms with E-state index in [0.717, 1.165) is 24.5 Å². The van der Waals surface area contributed by atoms with Crippen molar-refractivity contribution in [2.24, 2.45) is 0 Å². The Morgan fingerprint density at radius 1 is 1.19 bits per heavy atom. The first-order valence-corrected chi connectivity index (χ1v) is 12.6. The molecule has 0 spiro atoms. The van der Waals surface area contributed by atoms with Crippen LogP contribution in [0.3, 0.4) is 0 Å². The molecule has 10 heteroatoms. The minimum absolute atomic E-state index is 0.167. The van der Waals surface area contributed by atoms with Crippen LogP contribution in [0.4, 0.5) is 5.82 Å². The summed E-state index contributed by atoms with van der Waals surface area (Å²) in [7, 11) is 0. The topological polar surface area (TPSA) is 104 Å². The summed E-state index contributed by atoms with van der Waals surface area (Å²) >= 11 is 6.60. The van der Waals surface area contributed by atoms with Crippen molar-refractivity contribution in [3.8, 4) is 0 Å². The Hall–Kier alpha value is -3.50. The number of nitrogens with zero attached hydrogens (tertiary/aromatic N) is 3. The monoisotopic (exact) mass is 524 g/mol. The van der Waals surface area contributed by atoms with Gasteiger partial charge in [0.25, 0.3) is 17.4 Å². The lowest BCUT2D eigenvalue weighted by molar-refractivity contribution is -0.134. The number of anilines is 1. The Morgan fingerprint density at radius 3 is 2.50 bits per heavy atom. The number of hydrogen-bond donors (Lipinski definition) is 2. The van der Waals surface area contributed by atoms with Gasteiger partial charge in [0.05, 0.1) is 10.5 Å². The van der Waals surface area contributed by atoms with Gasteiger partial charge in [-0.1, -0.05) is 66.8 Å². The Labute approximate surface area is 219 Å². The molecule has 2 aromatic heterocycles. The number of carboxylic acid groups (broad SMARTS) is 1. The van der Waals surface area contributed by atoms with Gasteiger partial charge in [0.15, 0.2) is 0 Å². The molecule has 2 N–H and O–H groups in total. The fourth-order valence-electron chi connectivity index (χ4n) is 3.52. The van der Waals surface area contributed by atoms with E-state index in [9.17, 15) is 9.59 Å². The number of aromatic nitrogens is 2. The van der Waals surface area contributed by atoms with Gasteiger partial charge in [-0.15, -0.1) is 0 Å². The van der Waals surface area contributed by atoms with Gasteiger partial charge in [0.2, 0.25) is 0 Å². The molecule has 1 aliphatic rings. The Morgan fingerprint density at radius 2 is 1.86 bits per heavy atom. The van der Waals surface area contributed by atoms with Crippen LogP contribution < -0.4 is 10.9 Å². The van der Waals surface area contributed by atoms with Crippen LogP contribution in [0.15, 0.2) is 52.3 Å². The second-order valence-corrected chi connectivity index (χ2v) is 9.93. The van der Waals surface area contributed by atoms with E-state index in [2.05, 4.69) is 5.32 Å². The summed E-state index contributed by atoms with van der Waals surface area (Å²) in [5.41, 5.74) is 3.84. The number of aliphatic carboxylic acids is 1. The highest BCUT2D eigenvalue weighted by molar-refractivity contribution is 8.26. The van der Waals surface area contributed by atoms with Crippen molar-refractivity contribution in [3.05, 3.63) is 80.1 Å². The number of fused-ring (bicyclic) bond motifs is 1. The number of hydrogen-bond acceptors (Lipinski definition) is 7. The standard InChI is InChI=1S/C24H24N4O2S2.C2H4O2/c1-4-11-28-23(30)19(32-24(28)31)13-18-20(25-14-17-9-7-15(2)8-10-17)26-21-16(3)6-5-12-27(21)22(18)29;1-2(3)4/h5-10,12-13,25H,4,11,14H2,1-3H3;1H3,(H,3,4)/b19-13-;. The largest absolute Gasteiger partial charge is 0.481 e. The molecule has 0 atom stereocenters. The number of amides is 1. The lowest BCUT2D eigenvalue weighted by Gasteiger charge is -2.13. The molecule has 3 aromatic rings. The number of rotatable bonds is 6. The lowest BCUT2D eigenvalue weighted by atomic mass is 10.1. The van der Waals surface area contributed by atoms with Gasteiger partial charge < -0.3 is 10.4 Å². The Balaban J connectivity index is 0.000000840. The maximum atomic E-state index is 13.4. The molecule has 1 fully saturated rings. The quantitative estimate of drug-likeness (QED) is 0.356. The molecule has 1 amide bonds. The molecule has 0 bridgehead atoms. The lowest BCUT2D eigenvalue weighted by Crippen LogP contribution is -2.28. The third-order valence-corrected chi connectivity index (χ3v) is 6.64. The molecule has 0 unspecified atom stereocenters. The van der Waals surface area contributed by atoms with Crippen molar-refractivity contribution in [2.75, 3.05) is 11.9 Å². The average molecular weight is 525 g/mol. The van der Waals surface area contributed by atoms with Crippen LogP contribution in [0.25, 0.3) is 11.7 Å². The number of nitrogens with one attached hydrogen (secondary N) is 1. The number of aryl methyl sites for hydroxylation is 2. The second kappa shape index (κ2) is 12.0. The Bertz CT molecular complexity index is 1390. The molecule has 0 radical (unpaired) electrons. The maximum Gasteiger partial charge on any atom is 0.300 e. The van der Waals surface area contributed by atoms with E-state index in [-0.39, 0.29) is 11.5 Å². The van der Waals surface area contributed by atoms with Crippen molar-refractivity contribution in [3.63, 3.8) is 0 Å². The third kappa shape index (κ3) is 6.38. The predicted molar refractivity (Wildman–Crippen MR) is 148 cm³/mol. The van der Waals surface area contributed by atoms with Crippen LogP contribution in [0.5, 0.6) is 0 Å². The molecule has 0 saturated carbocycles. The summed E-state index contributed by atoms with van der Waals surface area (Å²) in [6.07, 6.45) is 4.13. The number of thiocarbonyl (C=S) groups is 1. The van der Waals surface area contributed by atoms with Gasteiger partial charge in [0.1, 0.15) is 15.8 Å². The predicted octanol–water partition coefficient (Wildman–Crippen LogP) is 4.63. The number of carbonyl (C=O) groups excluding carboxylic acids is 1. The Kier molecular flexibility index (Phi) is 9.00. The van der Waals surface area contributed by atoms with Gasteiger partial charge >= 0.3 is 0 Å². The van der Waals surface area contributed by atoms with Gasteiger partial charge in [-0.2, -0.15) is 0 Å². The average Bonchev–Trinajstić information content (AvgIpc) is 3.09. The molecular weight excluding hydrogens is 496 g/mol. The molecular formula is C26H28N4O4S2. The smallest absolute Gasteiger partial charge is 0.300 e. The van der Waals surface area contributed by atoms with Gasteiger partial charge in [-0.3, -0.25) is 23.7 Å². The molecule has 0 aliphatic carbocycles. The maximum absolute atomic E-state index is 13.4. The zero-order chi connectivity index (χ0) is 26.4. The van der Waals surface area contributed by atoms with Crippen molar-refractivity contribution < 1.29 is 14.7 Å². The van der Waals surface area contributed by atoms with E-state index >= 15 is 0 Å². The highest BCUT2D eigenvalue weighted by Gasteiger charge is 2.32. The van der Waals surface area contributed by atoms with E-state index in [1.54, 1.807) is 17.2 Å². The summed E-state index contributed by atoms with van der Waals surface area (Å²) in [6, 6.07) is 11.9. The molecule has 8 nitrogen and oxygen atoms in total. The normalized spacial score (nSPS) is 14.2. The van der Waals surface area contributed by atoms with E-state index in [4.69, 9.17) is 27.1 Å². The number of pyridine rings is 1. The molecule has 1 aliphatic heterocycles. The van der Waals surface area contributed by atoms with E-state index in [1.165, 1.54) is 21.7 Å². The molecule has 188 valence electrons. The van der Waals surface area contributed by atoms with Crippen LogP contribution in [-0.4, -0.2) is 42.1 Å². The van der Waals surface area contributed by atoms with Crippen LogP contribution in [0, 0.1) is 13.8 Å². The van der Waals surface area contributed by atoms with Crippen molar-refractivity contribution in [2.45, 2.75) is 40.7 Å². The molecule has 36 heavy (non-hydrogen) atoms. The minimum Gasteiger partial charge on any atom is -0.481 e. The summed E-state index contributed by atoms with van der Waals surface area (Å²) in [5, 5.41) is 10.7. The fourth-order valence-corrected chi connectivity index (χ4v) is 4.81. The van der Waals surface area contributed by atoms with Crippen LogP contribution in [0.1, 0.15) is 42.5 Å². The summed E-state index contributed by atoms with van der Waals surface area (Å²) in [4.78, 5) is 42.0. The number of carbonyl (C=O) groups is 2.